The van der Waals surface area contributed by atoms with Crippen molar-refractivity contribution in [1.82, 2.24) is 57.3 Å². The summed E-state index contributed by atoms with van der Waals surface area (Å²) in [6.45, 7) is 21.8. The molecule has 0 spiro atoms. The van der Waals surface area contributed by atoms with Crippen LogP contribution in [-0.4, -0.2) is 143 Å². The third-order valence-corrected chi connectivity index (χ3v) is 26.1. The minimum Gasteiger partial charge on any atom is -0.392 e. The molecule has 0 aliphatic carbocycles. The van der Waals surface area contributed by atoms with Crippen LogP contribution in [-0.2, 0) is 109 Å². The molecule has 8 heterocycles. The summed E-state index contributed by atoms with van der Waals surface area (Å²) >= 11 is 15.3. The second-order valence-electron chi connectivity index (χ2n) is 33.5. The first-order valence-corrected chi connectivity index (χ1v) is 48.0. The van der Waals surface area contributed by atoms with Crippen LogP contribution < -0.4 is 0 Å². The Morgan fingerprint density at radius 3 is 0.873 bits per heavy atom. The Morgan fingerprint density at radius 1 is 0.336 bits per heavy atom. The second-order valence-corrected chi connectivity index (χ2v) is 37.3. The molecule has 2 aliphatic rings. The summed E-state index contributed by atoms with van der Waals surface area (Å²) in [6, 6.07) is 67.8. The van der Waals surface area contributed by atoms with Crippen LogP contribution in [0.5, 0.6) is 0 Å². The monoisotopic (exact) mass is 1970 g/mol. The van der Waals surface area contributed by atoms with Crippen LogP contribution in [0.15, 0.2) is 306 Å². The number of hydrogen-bond donors (Lipinski definition) is 3. The fourth-order valence-electron chi connectivity index (χ4n) is 14.0. The van der Waals surface area contributed by atoms with Crippen molar-refractivity contribution < 1.29 is 34.4 Å². The Bertz CT molecular complexity index is 5010. The first-order valence-electron chi connectivity index (χ1n) is 45.0. The fourth-order valence-corrected chi connectivity index (χ4v) is 17.5. The highest BCUT2D eigenvalue weighted by Crippen LogP contribution is 2.48. The van der Waals surface area contributed by atoms with Crippen LogP contribution in [0.3, 0.4) is 0 Å². The van der Waals surface area contributed by atoms with Crippen molar-refractivity contribution in [2.45, 2.75) is 219 Å². The number of aromatic nitrogens is 12. The van der Waals surface area contributed by atoms with Crippen molar-refractivity contribution in [3.8, 4) is 0 Å². The maximum Gasteiger partial charge on any atom is 0.186 e. The number of ketones is 2. The summed E-state index contributed by atoms with van der Waals surface area (Å²) in [4.78, 5) is 47.4. The van der Waals surface area contributed by atoms with E-state index in [1.807, 2.05) is 69.3 Å². The zero-order valence-corrected chi connectivity index (χ0v) is 84.9. The number of imidazole rings is 6. The van der Waals surface area contributed by atoms with E-state index in [1.54, 1.807) is 71.8 Å². The number of aryl methyl sites for hydroxylation is 15. The standard InChI is InChI=1S/C16H20N2O2.C16H20N2S2.2C14H18N2O.2C14H16N2O.C11H15ClO.C8H9Cl.4ClH/c2*1-14-2-4-15(5-3-14)6-7-16(19-10-11-20-16)12-18-9-8-17-13-18;4*1-12-2-4-13(5-3-12)6-7-14(17)10-16-9-8-15-11-16;1-9-2-4-10(5-3-9)6-7-11(13)8-12;1-7-2-4-8(6-9)5-3-7;;;;/h2*2-5,8-9,13H,6-7,10-12H2,1H3;2*2-5,8-9,11,14,17H,6-7,10H2,1H3;2*2-5,8-9,11H,6-7,10H2,1H3;2-5,11,13H,6-8H2,1H3;2-5H,6H2,1H3;4*1H. The van der Waals surface area contributed by atoms with Gasteiger partial charge in [-0.1, -0.05) is 239 Å². The van der Waals surface area contributed by atoms with E-state index >= 15 is 0 Å². The van der Waals surface area contributed by atoms with Crippen LogP contribution >= 0.6 is 96.4 Å². The number of ether oxygens (including phenoxy) is 2. The molecular weight excluding hydrogens is 1840 g/mol. The predicted octanol–water partition coefficient (Wildman–Crippen LogP) is 22.7. The van der Waals surface area contributed by atoms with Crippen LogP contribution in [0.2, 0.25) is 0 Å². The van der Waals surface area contributed by atoms with E-state index < -0.39 is 5.79 Å². The molecule has 0 saturated carbocycles. The molecule has 19 nitrogen and oxygen atoms in total. The highest BCUT2D eigenvalue weighted by atomic mass is 35.5. The Labute approximate surface area is 837 Å². The number of alkyl halides is 2. The lowest BCUT2D eigenvalue weighted by Crippen LogP contribution is -2.35. The second kappa shape index (κ2) is 64.6. The molecule has 2 saturated heterocycles. The molecule has 3 atom stereocenters. The predicted molar refractivity (Wildman–Crippen MR) is 561 cm³/mol. The van der Waals surface area contributed by atoms with Gasteiger partial charge in [0.15, 0.2) is 17.4 Å². The molecule has 0 amide bonds. The molecule has 0 bridgehead atoms. The van der Waals surface area contributed by atoms with Gasteiger partial charge in [-0.25, -0.2) is 29.9 Å². The molecule has 2 aliphatic heterocycles. The van der Waals surface area contributed by atoms with Crippen LogP contribution in [0.25, 0.3) is 0 Å². The maximum absolute atomic E-state index is 11.7. The van der Waals surface area contributed by atoms with E-state index in [9.17, 15) is 24.9 Å². The topological polar surface area (TPSA) is 220 Å². The molecular formula is C107H136Cl6N12O7S2. The third kappa shape index (κ3) is 46.4. The molecule has 16 rings (SSSR count). The zero-order valence-electron chi connectivity index (χ0n) is 78.5. The third-order valence-electron chi connectivity index (χ3n) is 22.0. The van der Waals surface area contributed by atoms with Crippen molar-refractivity contribution >= 4 is 108 Å². The number of halogens is 6. The molecule has 27 heteroatoms. The zero-order chi connectivity index (χ0) is 92.4. The fraction of sp³-hybridized carbons (Fsp3) is 0.364. The summed E-state index contributed by atoms with van der Waals surface area (Å²) in [5.41, 5.74) is 20.4. The number of thioether (sulfide) groups is 2. The van der Waals surface area contributed by atoms with Gasteiger partial charge in [0.2, 0.25) is 0 Å². The highest BCUT2D eigenvalue weighted by molar-refractivity contribution is 8.21. The van der Waals surface area contributed by atoms with Gasteiger partial charge >= 0.3 is 0 Å². The first-order chi connectivity index (χ1) is 63.0. The molecule has 720 valence electrons. The Kier molecular flexibility index (Phi) is 55.5. The summed E-state index contributed by atoms with van der Waals surface area (Å²) in [7, 11) is 0. The quantitative estimate of drug-likeness (QED) is 0.0315. The molecule has 8 aromatic carbocycles. The normalized spacial score (nSPS) is 12.9. The summed E-state index contributed by atoms with van der Waals surface area (Å²) < 4.78 is 23.8. The summed E-state index contributed by atoms with van der Waals surface area (Å²) in [6.07, 6.45) is 43.4. The average molecular weight is 1980 g/mol. The SMILES string of the molecule is Cc1ccc(CCC(=O)Cn2ccnc2)cc1.Cc1ccc(CCC(=O)Cn2ccnc2)cc1.Cc1ccc(CCC(O)CCl)cc1.Cc1ccc(CCC(O)Cn2ccnc2)cc1.Cc1ccc(CCC(O)Cn2ccnc2)cc1.Cc1ccc(CCC2(Cn3ccnc3)OCCO2)cc1.Cc1ccc(CCC2(Cn3ccnc3)SCCS2)cc1.Cc1ccc(CCl)cc1.Cl.Cl.Cl.Cl. The highest BCUT2D eigenvalue weighted by Gasteiger charge is 2.37. The van der Waals surface area contributed by atoms with Gasteiger partial charge in [-0.05, 0) is 171 Å². The minimum absolute atomic E-state index is 0. The maximum atomic E-state index is 11.7. The van der Waals surface area contributed by atoms with Crippen molar-refractivity contribution in [2.75, 3.05) is 30.6 Å². The Balaban J connectivity index is 0.000000272. The first kappa shape index (κ1) is 115. The van der Waals surface area contributed by atoms with Gasteiger partial charge in [-0.2, -0.15) is 0 Å². The number of aliphatic hydroxyl groups is 3. The van der Waals surface area contributed by atoms with Crippen LogP contribution in [0.4, 0.5) is 0 Å². The molecule has 0 radical (unpaired) electrons. The lowest BCUT2D eigenvalue weighted by Gasteiger charge is -2.27. The van der Waals surface area contributed by atoms with E-state index in [1.165, 1.54) is 107 Å². The van der Waals surface area contributed by atoms with Gasteiger partial charge in [-0.3, -0.25) is 9.59 Å². The lowest BCUT2D eigenvalue weighted by atomic mass is 10.0. The van der Waals surface area contributed by atoms with Crippen molar-refractivity contribution in [3.63, 3.8) is 0 Å². The smallest absolute Gasteiger partial charge is 0.186 e. The Morgan fingerprint density at radius 2 is 0.590 bits per heavy atom. The molecule has 2 fully saturated rings. The summed E-state index contributed by atoms with van der Waals surface area (Å²) in [5.74, 6) is 3.45. The van der Waals surface area contributed by atoms with Crippen molar-refractivity contribution in [1.29, 1.82) is 0 Å². The molecule has 3 unspecified atom stereocenters. The largest absolute Gasteiger partial charge is 0.392 e. The number of Topliss-reactive ketones (excluding diaryl/α,β-unsaturated/α-hetero) is 2. The molecule has 3 N–H and O–H groups in total. The number of hydrogen-bond acceptors (Lipinski definition) is 15. The number of benzene rings is 8. The molecule has 6 aromatic heterocycles. The molecule has 134 heavy (non-hydrogen) atoms. The number of nitrogens with zero attached hydrogens (tertiary/aromatic N) is 12. The van der Waals surface area contributed by atoms with E-state index in [0.29, 0.717) is 74.6 Å². The summed E-state index contributed by atoms with van der Waals surface area (Å²) in [5, 5.41) is 29.0. The lowest BCUT2D eigenvalue weighted by molar-refractivity contribution is -0.171. The van der Waals surface area contributed by atoms with Crippen molar-refractivity contribution in [3.05, 3.63) is 395 Å². The van der Waals surface area contributed by atoms with Crippen LogP contribution in [0.1, 0.15) is 134 Å². The van der Waals surface area contributed by atoms with Gasteiger partial charge in [-0.15, -0.1) is 96.4 Å². The van der Waals surface area contributed by atoms with Gasteiger partial charge in [0, 0.05) is 137 Å². The number of carbonyl (C=O) groups is 2. The molecule has 14 aromatic rings. The van der Waals surface area contributed by atoms with E-state index in [-0.39, 0.29) is 79.5 Å². The van der Waals surface area contributed by atoms with E-state index in [4.69, 9.17) is 32.7 Å². The van der Waals surface area contributed by atoms with E-state index in [0.717, 1.165) is 77.2 Å². The van der Waals surface area contributed by atoms with E-state index in [2.05, 4.69) is 302 Å². The van der Waals surface area contributed by atoms with Gasteiger partial charge < -0.3 is 52.2 Å². The van der Waals surface area contributed by atoms with Gasteiger partial charge in [0.1, 0.15) is 0 Å². The number of carbonyl (C=O) groups excluding carboxylic acids is 2. The Hall–Kier alpha value is -9.40. The number of aliphatic hydroxyl groups excluding tert-OH is 3. The minimum atomic E-state index is -0.508. The van der Waals surface area contributed by atoms with Gasteiger partial charge in [0.05, 0.1) is 93.2 Å². The number of rotatable bonds is 35. The van der Waals surface area contributed by atoms with Crippen molar-refractivity contribution in [2.24, 2.45) is 0 Å². The average Bonchev–Trinajstić information content (AvgIpc) is 1.68. The van der Waals surface area contributed by atoms with Gasteiger partial charge in [0.25, 0.3) is 0 Å². The van der Waals surface area contributed by atoms with Crippen LogP contribution in [0, 0.1) is 55.4 Å².